The number of carbonyl (C=O) groups excluding carboxylic acids is 1. The molecule has 0 aliphatic heterocycles. The van der Waals surface area contributed by atoms with Crippen LogP contribution in [0.4, 0.5) is 5.88 Å². The van der Waals surface area contributed by atoms with Crippen LogP contribution >= 0.6 is 0 Å². The minimum Gasteiger partial charge on any atom is -0.397 e. The van der Waals surface area contributed by atoms with Crippen LogP contribution in [0.2, 0.25) is 0 Å². The predicted octanol–water partition coefficient (Wildman–Crippen LogP) is 2.79. The topological polar surface area (TPSA) is 73.3 Å². The van der Waals surface area contributed by atoms with E-state index < -0.39 is 4.92 Å². The number of ketones is 1. The van der Waals surface area contributed by atoms with Crippen molar-refractivity contribution in [3.05, 3.63) is 63.4 Å². The van der Waals surface area contributed by atoms with Gasteiger partial charge in [-0.15, -0.1) is 0 Å². The van der Waals surface area contributed by atoms with Crippen LogP contribution in [0.3, 0.4) is 0 Å². The van der Waals surface area contributed by atoms with E-state index in [9.17, 15) is 14.9 Å². The highest BCUT2D eigenvalue weighted by Gasteiger charge is 2.30. The zero-order chi connectivity index (χ0) is 13.4. The second-order valence-electron chi connectivity index (χ2n) is 4.63. The molecule has 5 nitrogen and oxygen atoms in total. The summed E-state index contributed by atoms with van der Waals surface area (Å²) in [6.45, 7) is 0. The maximum atomic E-state index is 12.2. The molecule has 0 N–H and O–H groups in total. The summed E-state index contributed by atoms with van der Waals surface area (Å²) >= 11 is 0. The number of hydrogen-bond acceptors (Lipinski definition) is 4. The van der Waals surface area contributed by atoms with Crippen molar-refractivity contribution in [1.29, 1.82) is 0 Å². The Morgan fingerprint density at radius 2 is 1.79 bits per heavy atom. The molecule has 96 valence electrons. The van der Waals surface area contributed by atoms with Gasteiger partial charge in [0.05, 0.1) is 6.07 Å². The number of nitro groups is 1. The smallest absolute Gasteiger partial charge is 0.397 e. The third kappa shape index (κ3) is 2.03. The first-order chi connectivity index (χ1) is 9.15. The molecule has 1 aromatic carbocycles. The maximum Gasteiger partial charge on any atom is 0.433 e. The molecule has 0 radical (unpaired) electrons. The Morgan fingerprint density at radius 3 is 2.32 bits per heavy atom. The molecule has 0 fully saturated rings. The standard InChI is InChI=1S/C14H11NO4/c16-14(12-5-6-13(19-12)15(17)18)11-7-9-3-1-2-4-10(9)8-11/h1-6,11H,7-8H2. The minimum absolute atomic E-state index is 0.0736. The molecular weight excluding hydrogens is 246 g/mol. The molecule has 1 aliphatic rings. The largest absolute Gasteiger partial charge is 0.433 e. The van der Waals surface area contributed by atoms with Gasteiger partial charge in [-0.05, 0) is 30.0 Å². The first-order valence-electron chi connectivity index (χ1n) is 6.00. The Kier molecular flexibility index (Phi) is 2.67. The van der Waals surface area contributed by atoms with Gasteiger partial charge in [0, 0.05) is 5.92 Å². The number of benzene rings is 1. The summed E-state index contributed by atoms with van der Waals surface area (Å²) in [6.07, 6.45) is 1.34. The van der Waals surface area contributed by atoms with Gasteiger partial charge in [-0.3, -0.25) is 14.9 Å². The van der Waals surface area contributed by atoms with Gasteiger partial charge in [-0.2, -0.15) is 0 Å². The fourth-order valence-corrected chi connectivity index (χ4v) is 2.50. The molecule has 3 rings (SSSR count). The first kappa shape index (κ1) is 11.6. The van der Waals surface area contributed by atoms with E-state index in [1.807, 2.05) is 24.3 Å². The Balaban J connectivity index is 1.81. The number of furan rings is 1. The summed E-state index contributed by atoms with van der Waals surface area (Å²) in [5, 5.41) is 10.5. The summed E-state index contributed by atoms with van der Waals surface area (Å²) in [5.74, 6) is -0.657. The van der Waals surface area contributed by atoms with E-state index in [-0.39, 0.29) is 23.3 Å². The number of fused-ring (bicyclic) bond motifs is 1. The van der Waals surface area contributed by atoms with E-state index in [1.165, 1.54) is 23.3 Å². The molecule has 0 spiro atoms. The van der Waals surface area contributed by atoms with Crippen LogP contribution in [0.1, 0.15) is 21.7 Å². The lowest BCUT2D eigenvalue weighted by molar-refractivity contribution is -0.402. The van der Waals surface area contributed by atoms with Crippen LogP contribution in [-0.4, -0.2) is 10.7 Å². The van der Waals surface area contributed by atoms with Crippen molar-refractivity contribution in [2.24, 2.45) is 5.92 Å². The average Bonchev–Trinajstić information content (AvgIpc) is 3.04. The normalized spacial score (nSPS) is 14.3. The quantitative estimate of drug-likeness (QED) is 0.481. The summed E-state index contributed by atoms with van der Waals surface area (Å²) in [7, 11) is 0. The van der Waals surface area contributed by atoms with Crippen LogP contribution in [0.15, 0.2) is 40.8 Å². The van der Waals surface area contributed by atoms with Crippen LogP contribution in [0, 0.1) is 16.0 Å². The molecule has 0 saturated carbocycles. The number of nitrogens with zero attached hydrogens (tertiary/aromatic N) is 1. The molecule has 19 heavy (non-hydrogen) atoms. The molecular formula is C14H11NO4. The van der Waals surface area contributed by atoms with Crippen LogP contribution in [-0.2, 0) is 12.8 Å². The summed E-state index contributed by atoms with van der Waals surface area (Å²) in [5.41, 5.74) is 2.34. The third-order valence-corrected chi connectivity index (χ3v) is 3.44. The summed E-state index contributed by atoms with van der Waals surface area (Å²) < 4.78 is 4.97. The third-order valence-electron chi connectivity index (χ3n) is 3.44. The molecule has 5 heteroatoms. The van der Waals surface area contributed by atoms with Gasteiger partial charge in [0.2, 0.25) is 5.78 Å². The summed E-state index contributed by atoms with van der Waals surface area (Å²) in [4.78, 5) is 22.1. The lowest BCUT2D eigenvalue weighted by Crippen LogP contribution is -2.14. The average molecular weight is 257 g/mol. The van der Waals surface area contributed by atoms with Crippen molar-refractivity contribution in [3.63, 3.8) is 0 Å². The van der Waals surface area contributed by atoms with Gasteiger partial charge in [-0.1, -0.05) is 24.3 Å². The number of rotatable bonds is 3. The van der Waals surface area contributed by atoms with Crippen molar-refractivity contribution < 1.29 is 14.1 Å². The van der Waals surface area contributed by atoms with Crippen molar-refractivity contribution in [1.82, 2.24) is 0 Å². The van der Waals surface area contributed by atoms with Crippen LogP contribution in [0.25, 0.3) is 0 Å². The second kappa shape index (κ2) is 4.35. The molecule has 0 unspecified atom stereocenters. The van der Waals surface area contributed by atoms with E-state index in [0.717, 1.165) is 0 Å². The lowest BCUT2D eigenvalue weighted by atomic mass is 9.99. The highest BCUT2D eigenvalue weighted by atomic mass is 16.6. The molecule has 1 aromatic heterocycles. The molecule has 0 bridgehead atoms. The van der Waals surface area contributed by atoms with Gasteiger partial charge < -0.3 is 4.42 Å². The first-order valence-corrected chi connectivity index (χ1v) is 6.00. The van der Waals surface area contributed by atoms with Gasteiger partial charge in [0.15, 0.2) is 5.76 Å². The SMILES string of the molecule is O=C(c1ccc([N+](=O)[O-])o1)C1Cc2ccccc2C1. The molecule has 1 heterocycles. The predicted molar refractivity (Wildman–Crippen MR) is 67.0 cm³/mol. The molecule has 1 aliphatic carbocycles. The van der Waals surface area contributed by atoms with Gasteiger partial charge >= 0.3 is 5.88 Å². The van der Waals surface area contributed by atoms with Crippen molar-refractivity contribution in [2.75, 3.05) is 0 Å². The summed E-state index contributed by atoms with van der Waals surface area (Å²) in [6, 6.07) is 10.5. The van der Waals surface area contributed by atoms with E-state index in [0.29, 0.717) is 12.8 Å². The maximum absolute atomic E-state index is 12.2. The highest BCUT2D eigenvalue weighted by molar-refractivity contribution is 5.96. The van der Waals surface area contributed by atoms with E-state index in [1.54, 1.807) is 0 Å². The van der Waals surface area contributed by atoms with Crippen LogP contribution in [0.5, 0.6) is 0 Å². The molecule has 0 amide bonds. The van der Waals surface area contributed by atoms with Gasteiger partial charge in [0.1, 0.15) is 4.92 Å². The second-order valence-corrected chi connectivity index (χ2v) is 4.63. The Morgan fingerprint density at radius 1 is 1.16 bits per heavy atom. The van der Waals surface area contributed by atoms with E-state index in [4.69, 9.17) is 4.42 Å². The number of Topliss-reactive ketones (excluding diaryl/α,β-unsaturated/α-hetero) is 1. The molecule has 2 aromatic rings. The lowest BCUT2D eigenvalue weighted by Gasteiger charge is -2.04. The van der Waals surface area contributed by atoms with E-state index in [2.05, 4.69) is 0 Å². The monoisotopic (exact) mass is 257 g/mol. The van der Waals surface area contributed by atoms with Crippen molar-refractivity contribution in [3.8, 4) is 0 Å². The zero-order valence-electron chi connectivity index (χ0n) is 10.0. The molecule has 0 atom stereocenters. The van der Waals surface area contributed by atoms with Crippen molar-refractivity contribution >= 4 is 11.7 Å². The van der Waals surface area contributed by atoms with Gasteiger partial charge in [-0.25, -0.2) is 0 Å². The van der Waals surface area contributed by atoms with Crippen LogP contribution < -0.4 is 0 Å². The Labute approximate surface area is 109 Å². The zero-order valence-corrected chi connectivity index (χ0v) is 10.0. The fourth-order valence-electron chi connectivity index (χ4n) is 2.50. The van der Waals surface area contributed by atoms with Crippen molar-refractivity contribution in [2.45, 2.75) is 12.8 Å². The molecule has 0 saturated heterocycles. The minimum atomic E-state index is -0.639. The Hall–Kier alpha value is -2.43. The fraction of sp³-hybridized carbons (Fsp3) is 0.214. The highest BCUT2D eigenvalue weighted by Crippen LogP contribution is 2.30. The van der Waals surface area contributed by atoms with Gasteiger partial charge in [0.25, 0.3) is 0 Å². The number of hydrogen-bond donors (Lipinski definition) is 0. The van der Waals surface area contributed by atoms with E-state index >= 15 is 0 Å². The Bertz CT molecular complexity index is 634. The number of carbonyl (C=O) groups is 1.